The Morgan fingerprint density at radius 3 is 2.48 bits per heavy atom. The van der Waals surface area contributed by atoms with Crippen molar-refractivity contribution < 1.29 is 24.1 Å². The van der Waals surface area contributed by atoms with Crippen molar-refractivity contribution in [2.24, 2.45) is 0 Å². The van der Waals surface area contributed by atoms with E-state index in [1.165, 1.54) is 11.1 Å². The Bertz CT molecular complexity index is 940. The molecule has 7 nitrogen and oxygen atoms in total. The van der Waals surface area contributed by atoms with Gasteiger partial charge in [-0.15, -0.1) is 0 Å². The van der Waals surface area contributed by atoms with E-state index in [1.54, 1.807) is 7.11 Å². The number of ether oxygens (including phenoxy) is 3. The molecule has 3 aliphatic rings. The van der Waals surface area contributed by atoms with Crippen molar-refractivity contribution in [1.82, 2.24) is 10.6 Å². The van der Waals surface area contributed by atoms with Gasteiger partial charge in [0, 0.05) is 25.6 Å². The van der Waals surface area contributed by atoms with E-state index in [-0.39, 0.29) is 36.7 Å². The van der Waals surface area contributed by atoms with E-state index in [9.17, 15) is 9.90 Å². The van der Waals surface area contributed by atoms with Gasteiger partial charge in [-0.05, 0) is 41.7 Å². The first kappa shape index (κ1) is 22.3. The number of benzene rings is 2. The molecule has 1 amide bonds. The summed E-state index contributed by atoms with van der Waals surface area (Å²) in [5.41, 5.74) is 3.81. The predicted octanol–water partition coefficient (Wildman–Crippen LogP) is 1.74. The molecule has 176 valence electrons. The lowest BCUT2D eigenvalue weighted by Gasteiger charge is -2.22. The maximum absolute atomic E-state index is 12.4. The average Bonchev–Trinajstić information content (AvgIpc) is 3.50. The second kappa shape index (κ2) is 9.81. The molecular formula is C26H32N2O5. The molecule has 3 N–H and O–H groups in total. The second-order valence-electron chi connectivity index (χ2n) is 9.27. The number of rotatable bonds is 8. The number of amides is 1. The summed E-state index contributed by atoms with van der Waals surface area (Å²) in [6.07, 6.45) is 1.19. The molecule has 5 atom stereocenters. The van der Waals surface area contributed by atoms with Crippen molar-refractivity contribution in [2.75, 3.05) is 13.7 Å². The number of hydrogen-bond acceptors (Lipinski definition) is 6. The number of aliphatic hydroxyl groups excluding tert-OH is 1. The van der Waals surface area contributed by atoms with Crippen LogP contribution in [-0.2, 0) is 33.7 Å². The fourth-order valence-corrected chi connectivity index (χ4v) is 5.22. The Labute approximate surface area is 194 Å². The van der Waals surface area contributed by atoms with Crippen LogP contribution in [0.1, 0.15) is 29.5 Å². The first-order chi connectivity index (χ1) is 16.1. The number of hydrogen-bond donors (Lipinski definition) is 3. The van der Waals surface area contributed by atoms with E-state index in [2.05, 4.69) is 34.9 Å². The molecule has 33 heavy (non-hydrogen) atoms. The molecule has 5 rings (SSSR count). The molecule has 7 heteroatoms. The van der Waals surface area contributed by atoms with E-state index in [0.29, 0.717) is 25.6 Å². The summed E-state index contributed by atoms with van der Waals surface area (Å²) in [5.74, 6) is 0.723. The number of carbonyl (C=O) groups is 1. The van der Waals surface area contributed by atoms with Gasteiger partial charge in [0.25, 0.3) is 0 Å². The van der Waals surface area contributed by atoms with Crippen LogP contribution in [0.4, 0.5) is 0 Å². The number of fused-ring (bicyclic) bond motifs is 2. The van der Waals surface area contributed by atoms with Gasteiger partial charge in [0.2, 0.25) is 5.91 Å². The van der Waals surface area contributed by atoms with Crippen LogP contribution in [0.25, 0.3) is 0 Å². The van der Waals surface area contributed by atoms with Gasteiger partial charge < -0.3 is 30.0 Å². The topological polar surface area (TPSA) is 89.1 Å². The summed E-state index contributed by atoms with van der Waals surface area (Å²) in [5, 5.41) is 17.2. The first-order valence-electron chi connectivity index (χ1n) is 11.8. The van der Waals surface area contributed by atoms with E-state index < -0.39 is 6.10 Å². The predicted molar refractivity (Wildman–Crippen MR) is 123 cm³/mol. The van der Waals surface area contributed by atoms with Crippen LogP contribution in [0, 0.1) is 0 Å². The minimum Gasteiger partial charge on any atom is -0.497 e. The fourth-order valence-electron chi connectivity index (χ4n) is 5.22. The molecule has 0 bridgehead atoms. The van der Waals surface area contributed by atoms with Crippen molar-refractivity contribution >= 4 is 5.91 Å². The normalized spacial score (nSPS) is 28.5. The van der Waals surface area contributed by atoms with Gasteiger partial charge in [-0.25, -0.2) is 0 Å². The van der Waals surface area contributed by atoms with Gasteiger partial charge in [-0.3, -0.25) is 4.79 Å². The summed E-state index contributed by atoms with van der Waals surface area (Å²) in [6, 6.07) is 16.5. The van der Waals surface area contributed by atoms with Crippen LogP contribution in [-0.4, -0.2) is 61.2 Å². The molecule has 2 aromatic carbocycles. The number of nitrogens with one attached hydrogen (secondary N) is 2. The fraction of sp³-hybridized carbons (Fsp3) is 0.500. The van der Waals surface area contributed by atoms with E-state index in [1.807, 2.05) is 24.3 Å². The summed E-state index contributed by atoms with van der Waals surface area (Å²) in [7, 11) is 1.63. The molecule has 2 fully saturated rings. The average molecular weight is 453 g/mol. The molecule has 0 aromatic heterocycles. The Balaban J connectivity index is 1.04. The molecule has 2 aromatic rings. The lowest BCUT2D eigenvalue weighted by atomic mass is 10.1. The van der Waals surface area contributed by atoms with Gasteiger partial charge >= 0.3 is 0 Å². The van der Waals surface area contributed by atoms with Crippen LogP contribution in [0.3, 0.4) is 0 Å². The Kier molecular flexibility index (Phi) is 6.64. The number of methoxy groups -OCH3 is 1. The largest absolute Gasteiger partial charge is 0.497 e. The summed E-state index contributed by atoms with van der Waals surface area (Å²) < 4.78 is 17.3. The van der Waals surface area contributed by atoms with Crippen molar-refractivity contribution in [3.05, 3.63) is 65.2 Å². The van der Waals surface area contributed by atoms with Gasteiger partial charge in [0.1, 0.15) is 18.0 Å². The van der Waals surface area contributed by atoms with Crippen molar-refractivity contribution in [3.8, 4) is 5.75 Å². The van der Waals surface area contributed by atoms with Gasteiger partial charge in [0.15, 0.2) is 0 Å². The molecule has 0 radical (unpaired) electrons. The number of aliphatic hydroxyl groups is 1. The minimum absolute atomic E-state index is 0.0655. The van der Waals surface area contributed by atoms with Crippen LogP contribution in [0.5, 0.6) is 5.75 Å². The third kappa shape index (κ3) is 5.06. The van der Waals surface area contributed by atoms with E-state index in [4.69, 9.17) is 14.2 Å². The van der Waals surface area contributed by atoms with Crippen LogP contribution in [0.2, 0.25) is 0 Å². The lowest BCUT2D eigenvalue weighted by molar-refractivity contribution is -0.124. The Morgan fingerprint density at radius 2 is 1.82 bits per heavy atom. The highest BCUT2D eigenvalue weighted by Gasteiger charge is 2.50. The van der Waals surface area contributed by atoms with Gasteiger partial charge in [-0.1, -0.05) is 36.4 Å². The Hall–Kier alpha value is -2.45. The highest BCUT2D eigenvalue weighted by molar-refractivity contribution is 5.76. The zero-order valence-corrected chi connectivity index (χ0v) is 18.9. The molecule has 2 aliphatic heterocycles. The third-order valence-corrected chi connectivity index (χ3v) is 7.00. The summed E-state index contributed by atoms with van der Waals surface area (Å²) in [6.45, 7) is 1.06. The highest BCUT2D eigenvalue weighted by atomic mass is 16.6. The highest BCUT2D eigenvalue weighted by Crippen LogP contribution is 2.35. The van der Waals surface area contributed by atoms with Crippen LogP contribution >= 0.6 is 0 Å². The number of carbonyl (C=O) groups excluding carboxylic acids is 1. The SMILES string of the molecule is COc1ccc(CNC(=O)C[C@@H]2C[C@H]3O[C@H](CNC4Cc5ccccc5C4)[C@@H](O)[C@H]3O2)cc1. The van der Waals surface area contributed by atoms with Gasteiger partial charge in [0.05, 0.1) is 31.8 Å². The third-order valence-electron chi connectivity index (χ3n) is 7.00. The molecule has 0 saturated carbocycles. The molecule has 1 aliphatic carbocycles. The maximum atomic E-state index is 12.4. The molecule has 0 spiro atoms. The molecule has 2 saturated heterocycles. The first-order valence-corrected chi connectivity index (χ1v) is 11.8. The van der Waals surface area contributed by atoms with Crippen LogP contribution in [0.15, 0.2) is 48.5 Å². The second-order valence-corrected chi connectivity index (χ2v) is 9.27. The quantitative estimate of drug-likeness (QED) is 0.566. The molecular weight excluding hydrogens is 420 g/mol. The molecule has 0 unspecified atom stereocenters. The molecule has 2 heterocycles. The monoisotopic (exact) mass is 452 g/mol. The standard InChI is InChI=1S/C26H32N2O5/c1-31-20-8-6-16(7-9-20)14-28-24(29)13-21-12-22-26(32-21)25(30)23(33-22)15-27-19-10-17-4-2-3-5-18(17)11-19/h2-9,19,21-23,25-27,30H,10-15H2,1H3,(H,28,29)/t21-,22+,23+,25+,26-/m0/s1. The van der Waals surface area contributed by atoms with Crippen molar-refractivity contribution in [3.63, 3.8) is 0 Å². The lowest BCUT2D eigenvalue weighted by Crippen LogP contribution is -2.42. The van der Waals surface area contributed by atoms with E-state index >= 15 is 0 Å². The zero-order valence-electron chi connectivity index (χ0n) is 18.9. The van der Waals surface area contributed by atoms with E-state index in [0.717, 1.165) is 24.2 Å². The van der Waals surface area contributed by atoms with Gasteiger partial charge in [-0.2, -0.15) is 0 Å². The Morgan fingerprint density at radius 1 is 1.09 bits per heavy atom. The van der Waals surface area contributed by atoms with Crippen molar-refractivity contribution in [1.29, 1.82) is 0 Å². The summed E-state index contributed by atoms with van der Waals surface area (Å²) >= 11 is 0. The zero-order chi connectivity index (χ0) is 22.8. The maximum Gasteiger partial charge on any atom is 0.222 e. The van der Waals surface area contributed by atoms with Crippen LogP contribution < -0.4 is 15.4 Å². The summed E-state index contributed by atoms with van der Waals surface area (Å²) in [4.78, 5) is 12.4. The van der Waals surface area contributed by atoms with Crippen molar-refractivity contribution in [2.45, 2.75) is 68.8 Å². The smallest absolute Gasteiger partial charge is 0.222 e. The minimum atomic E-state index is -0.682.